The number of rotatable bonds is 7. The number of benzene rings is 2. The minimum absolute atomic E-state index is 0.0816. The van der Waals surface area contributed by atoms with Crippen LogP contribution in [-0.2, 0) is 16.6 Å². The van der Waals surface area contributed by atoms with E-state index in [9.17, 15) is 13.2 Å². The first-order valence-electron chi connectivity index (χ1n) is 8.83. The number of hydrogen-bond donors (Lipinski definition) is 0. The number of likely N-dealkylation sites (N-methyl/N-ethyl adjacent to an activating group) is 1. The van der Waals surface area contributed by atoms with Gasteiger partial charge in [0.15, 0.2) is 5.78 Å². The first-order valence-corrected chi connectivity index (χ1v) is 10.3. The highest BCUT2D eigenvalue weighted by Crippen LogP contribution is 2.21. The second-order valence-electron chi connectivity index (χ2n) is 6.72. The first-order chi connectivity index (χ1) is 12.5. The average molecular weight is 372 g/mol. The summed E-state index contributed by atoms with van der Waals surface area (Å²) in [6, 6.07) is 16.3. The molecule has 0 spiro atoms. The predicted octanol–water partition coefficient (Wildman–Crippen LogP) is 2.79. The van der Waals surface area contributed by atoms with Crippen molar-refractivity contribution in [1.82, 2.24) is 9.21 Å². The summed E-state index contributed by atoms with van der Waals surface area (Å²) in [6.45, 7) is 2.01. The van der Waals surface area contributed by atoms with E-state index in [1.165, 1.54) is 10.4 Å². The third-order valence-electron chi connectivity index (χ3n) is 4.57. The van der Waals surface area contributed by atoms with E-state index in [2.05, 4.69) is 0 Å². The lowest BCUT2D eigenvalue weighted by molar-refractivity contribution is 0.0943. The van der Waals surface area contributed by atoms with Gasteiger partial charge in [0.2, 0.25) is 10.0 Å². The van der Waals surface area contributed by atoms with Crippen LogP contribution in [0.25, 0.3) is 0 Å². The van der Waals surface area contributed by atoms with Crippen molar-refractivity contribution in [3.8, 4) is 0 Å². The first kappa shape index (κ1) is 18.8. The van der Waals surface area contributed by atoms with Gasteiger partial charge >= 0.3 is 0 Å². The molecule has 6 heteroatoms. The molecule has 0 atom stereocenters. The van der Waals surface area contributed by atoms with E-state index in [1.807, 2.05) is 42.3 Å². The maximum absolute atomic E-state index is 12.7. The van der Waals surface area contributed by atoms with Gasteiger partial charge in [-0.05, 0) is 37.6 Å². The molecule has 138 valence electrons. The molecule has 26 heavy (non-hydrogen) atoms. The Morgan fingerprint density at radius 1 is 1.04 bits per heavy atom. The van der Waals surface area contributed by atoms with Gasteiger partial charge in [0.25, 0.3) is 0 Å². The number of hydrogen-bond acceptors (Lipinski definition) is 4. The molecule has 1 aliphatic heterocycles. The fourth-order valence-corrected chi connectivity index (χ4v) is 4.76. The molecule has 0 saturated carbocycles. The molecule has 0 N–H and O–H groups in total. The standard InChI is InChI=1S/C20H24N2O3S/c1-21(15-17-8-3-2-4-9-17)16-20(23)18-10-7-11-19(14-18)26(24,25)22-12-5-6-13-22/h2-4,7-11,14H,5-6,12-13,15-16H2,1H3. The summed E-state index contributed by atoms with van der Waals surface area (Å²) in [5.74, 6) is -0.0816. The Bertz CT molecular complexity index is 860. The third kappa shape index (κ3) is 4.38. The lowest BCUT2D eigenvalue weighted by atomic mass is 10.1. The minimum Gasteiger partial charge on any atom is -0.295 e. The van der Waals surface area contributed by atoms with Crippen molar-refractivity contribution >= 4 is 15.8 Å². The molecular weight excluding hydrogens is 348 g/mol. The van der Waals surface area contributed by atoms with Crippen LogP contribution in [0.4, 0.5) is 0 Å². The molecule has 0 aromatic heterocycles. The lowest BCUT2D eigenvalue weighted by Gasteiger charge is -2.17. The van der Waals surface area contributed by atoms with Gasteiger partial charge in [0.1, 0.15) is 0 Å². The van der Waals surface area contributed by atoms with Gasteiger partial charge in [-0.1, -0.05) is 42.5 Å². The zero-order chi connectivity index (χ0) is 18.6. The van der Waals surface area contributed by atoms with E-state index in [1.54, 1.807) is 18.2 Å². The SMILES string of the molecule is CN(CC(=O)c1cccc(S(=O)(=O)N2CCCC2)c1)Cc1ccccc1. The summed E-state index contributed by atoms with van der Waals surface area (Å²) in [5.41, 5.74) is 1.57. The van der Waals surface area contributed by atoms with Crippen LogP contribution in [-0.4, -0.2) is 50.1 Å². The van der Waals surface area contributed by atoms with Gasteiger partial charge in [-0.25, -0.2) is 8.42 Å². The van der Waals surface area contributed by atoms with Crippen LogP contribution in [0.2, 0.25) is 0 Å². The maximum atomic E-state index is 12.7. The molecule has 0 bridgehead atoms. The molecule has 1 aliphatic rings. The third-order valence-corrected chi connectivity index (χ3v) is 6.46. The van der Waals surface area contributed by atoms with Gasteiger partial charge in [-0.2, -0.15) is 4.31 Å². The fraction of sp³-hybridized carbons (Fsp3) is 0.350. The second kappa shape index (κ2) is 8.12. The zero-order valence-electron chi connectivity index (χ0n) is 15.0. The predicted molar refractivity (Wildman–Crippen MR) is 102 cm³/mol. The molecule has 2 aromatic carbocycles. The molecule has 0 radical (unpaired) electrons. The van der Waals surface area contributed by atoms with E-state index in [4.69, 9.17) is 0 Å². The van der Waals surface area contributed by atoms with Gasteiger partial charge in [0.05, 0.1) is 11.4 Å². The van der Waals surface area contributed by atoms with Crippen molar-refractivity contribution < 1.29 is 13.2 Å². The number of carbonyl (C=O) groups is 1. The number of carbonyl (C=O) groups excluding carboxylic acids is 1. The smallest absolute Gasteiger partial charge is 0.243 e. The summed E-state index contributed by atoms with van der Waals surface area (Å²) in [4.78, 5) is 14.7. The molecule has 0 unspecified atom stereocenters. The monoisotopic (exact) mass is 372 g/mol. The minimum atomic E-state index is -3.50. The van der Waals surface area contributed by atoms with Crippen LogP contribution in [0, 0.1) is 0 Å². The van der Waals surface area contributed by atoms with Gasteiger partial charge < -0.3 is 0 Å². The molecule has 1 saturated heterocycles. The van der Waals surface area contributed by atoms with Crippen LogP contribution in [0.1, 0.15) is 28.8 Å². The molecule has 5 nitrogen and oxygen atoms in total. The van der Waals surface area contributed by atoms with Gasteiger partial charge in [-0.3, -0.25) is 9.69 Å². The molecule has 1 heterocycles. The number of ketones is 1. The summed E-state index contributed by atoms with van der Waals surface area (Å²) in [7, 11) is -1.62. The van der Waals surface area contributed by atoms with Crippen molar-refractivity contribution in [2.24, 2.45) is 0 Å². The van der Waals surface area contributed by atoms with E-state index in [0.29, 0.717) is 25.2 Å². The Kier molecular flexibility index (Phi) is 5.86. The molecule has 2 aromatic rings. The van der Waals surface area contributed by atoms with Gasteiger partial charge in [0, 0.05) is 25.2 Å². The van der Waals surface area contributed by atoms with Crippen molar-refractivity contribution in [2.45, 2.75) is 24.3 Å². The normalized spacial score (nSPS) is 15.5. The zero-order valence-corrected chi connectivity index (χ0v) is 15.8. The molecule has 0 amide bonds. The second-order valence-corrected chi connectivity index (χ2v) is 8.66. The number of sulfonamides is 1. The Morgan fingerprint density at radius 3 is 2.42 bits per heavy atom. The van der Waals surface area contributed by atoms with Crippen molar-refractivity contribution in [3.63, 3.8) is 0 Å². The van der Waals surface area contributed by atoms with Gasteiger partial charge in [-0.15, -0.1) is 0 Å². The van der Waals surface area contributed by atoms with Crippen LogP contribution >= 0.6 is 0 Å². The van der Waals surface area contributed by atoms with E-state index in [-0.39, 0.29) is 17.2 Å². The van der Waals surface area contributed by atoms with Crippen LogP contribution < -0.4 is 0 Å². The molecule has 1 fully saturated rings. The largest absolute Gasteiger partial charge is 0.295 e. The Hall–Kier alpha value is -2.02. The fourth-order valence-electron chi connectivity index (χ4n) is 3.19. The van der Waals surface area contributed by atoms with Crippen molar-refractivity contribution in [1.29, 1.82) is 0 Å². The quantitative estimate of drug-likeness (QED) is 0.702. The van der Waals surface area contributed by atoms with E-state index < -0.39 is 10.0 Å². The van der Waals surface area contributed by atoms with Crippen LogP contribution in [0.15, 0.2) is 59.5 Å². The number of Topliss-reactive ketones (excluding diaryl/α,β-unsaturated/α-hetero) is 1. The lowest BCUT2D eigenvalue weighted by Crippen LogP contribution is -2.28. The van der Waals surface area contributed by atoms with Crippen molar-refractivity contribution in [3.05, 3.63) is 65.7 Å². The molecular formula is C20H24N2O3S. The Morgan fingerprint density at radius 2 is 1.73 bits per heavy atom. The topological polar surface area (TPSA) is 57.7 Å². The molecule has 0 aliphatic carbocycles. The summed E-state index contributed by atoms with van der Waals surface area (Å²) in [6.07, 6.45) is 1.78. The summed E-state index contributed by atoms with van der Waals surface area (Å²) >= 11 is 0. The highest BCUT2D eigenvalue weighted by molar-refractivity contribution is 7.89. The average Bonchev–Trinajstić information content (AvgIpc) is 3.18. The van der Waals surface area contributed by atoms with E-state index in [0.717, 1.165) is 18.4 Å². The summed E-state index contributed by atoms with van der Waals surface area (Å²) in [5, 5.41) is 0. The highest BCUT2D eigenvalue weighted by atomic mass is 32.2. The Balaban J connectivity index is 1.70. The van der Waals surface area contributed by atoms with Crippen molar-refractivity contribution in [2.75, 3.05) is 26.7 Å². The van der Waals surface area contributed by atoms with Crippen LogP contribution in [0.5, 0.6) is 0 Å². The Labute approximate surface area is 155 Å². The number of nitrogens with zero attached hydrogens (tertiary/aromatic N) is 2. The highest BCUT2D eigenvalue weighted by Gasteiger charge is 2.27. The molecule has 3 rings (SSSR count). The van der Waals surface area contributed by atoms with E-state index >= 15 is 0 Å². The van der Waals surface area contributed by atoms with Crippen LogP contribution in [0.3, 0.4) is 0 Å². The maximum Gasteiger partial charge on any atom is 0.243 e. The summed E-state index contributed by atoms with van der Waals surface area (Å²) < 4.78 is 26.9.